The Labute approximate surface area is 82.5 Å². The second kappa shape index (κ2) is 4.45. The zero-order valence-corrected chi connectivity index (χ0v) is 8.23. The van der Waals surface area contributed by atoms with Crippen LogP contribution in [0, 0.1) is 0 Å². The standard InChI is InChI=1S/C9H13N3O2/c1-3-12(9(13)14-2)8-5-4-7(10)6-11-8/h4-6H,3,10H2,1-2H3. The summed E-state index contributed by atoms with van der Waals surface area (Å²) < 4.78 is 4.60. The Morgan fingerprint density at radius 3 is 2.79 bits per heavy atom. The number of carbonyl (C=O) groups is 1. The second-order valence-corrected chi connectivity index (χ2v) is 2.66. The van der Waals surface area contributed by atoms with Crippen molar-refractivity contribution in [1.82, 2.24) is 4.98 Å². The summed E-state index contributed by atoms with van der Waals surface area (Å²) in [4.78, 5) is 16.7. The van der Waals surface area contributed by atoms with Gasteiger partial charge in [0.25, 0.3) is 0 Å². The first-order valence-electron chi connectivity index (χ1n) is 4.26. The molecule has 0 spiro atoms. The van der Waals surface area contributed by atoms with E-state index in [4.69, 9.17) is 5.73 Å². The van der Waals surface area contributed by atoms with Gasteiger partial charge in [-0.2, -0.15) is 0 Å². The van der Waals surface area contributed by atoms with Crippen molar-refractivity contribution in [1.29, 1.82) is 0 Å². The summed E-state index contributed by atoms with van der Waals surface area (Å²) in [5.41, 5.74) is 6.04. The third-order valence-corrected chi connectivity index (χ3v) is 1.76. The Balaban J connectivity index is 2.89. The number of amides is 1. The minimum absolute atomic E-state index is 0.426. The van der Waals surface area contributed by atoms with E-state index in [1.807, 2.05) is 6.92 Å². The number of methoxy groups -OCH3 is 1. The van der Waals surface area contributed by atoms with Gasteiger partial charge in [0, 0.05) is 6.54 Å². The molecule has 0 fully saturated rings. The summed E-state index contributed by atoms with van der Waals surface area (Å²) in [7, 11) is 1.34. The minimum Gasteiger partial charge on any atom is -0.452 e. The lowest BCUT2D eigenvalue weighted by Crippen LogP contribution is -2.31. The SMILES string of the molecule is CCN(C(=O)OC)c1ccc(N)cn1. The lowest BCUT2D eigenvalue weighted by Gasteiger charge is -2.17. The van der Waals surface area contributed by atoms with E-state index >= 15 is 0 Å². The largest absolute Gasteiger partial charge is 0.452 e. The normalized spacial score (nSPS) is 9.57. The number of anilines is 2. The van der Waals surface area contributed by atoms with Crippen molar-refractivity contribution in [3.8, 4) is 0 Å². The third kappa shape index (κ3) is 2.12. The number of nitrogens with zero attached hydrogens (tertiary/aromatic N) is 2. The van der Waals surface area contributed by atoms with Gasteiger partial charge in [-0.3, -0.25) is 4.90 Å². The summed E-state index contributed by atoms with van der Waals surface area (Å²) in [5.74, 6) is 0.536. The predicted octanol–water partition coefficient (Wildman–Crippen LogP) is 1.26. The van der Waals surface area contributed by atoms with E-state index in [9.17, 15) is 4.79 Å². The van der Waals surface area contributed by atoms with Crippen molar-refractivity contribution in [3.63, 3.8) is 0 Å². The molecule has 0 aromatic carbocycles. The van der Waals surface area contributed by atoms with Crippen LogP contribution in [-0.4, -0.2) is 24.7 Å². The van der Waals surface area contributed by atoms with Gasteiger partial charge in [-0.15, -0.1) is 0 Å². The predicted molar refractivity (Wildman–Crippen MR) is 54.1 cm³/mol. The molecule has 1 heterocycles. The fourth-order valence-electron chi connectivity index (χ4n) is 1.05. The molecule has 1 aromatic heterocycles. The highest BCUT2D eigenvalue weighted by molar-refractivity contribution is 5.86. The summed E-state index contributed by atoms with van der Waals surface area (Å²) in [5, 5.41) is 0. The Morgan fingerprint density at radius 2 is 2.36 bits per heavy atom. The van der Waals surface area contributed by atoms with E-state index in [-0.39, 0.29) is 0 Å². The van der Waals surface area contributed by atoms with E-state index in [1.165, 1.54) is 18.2 Å². The number of aromatic nitrogens is 1. The zero-order valence-electron chi connectivity index (χ0n) is 8.23. The molecule has 1 amide bonds. The molecule has 0 atom stereocenters. The van der Waals surface area contributed by atoms with Gasteiger partial charge in [-0.05, 0) is 19.1 Å². The van der Waals surface area contributed by atoms with Gasteiger partial charge in [0.2, 0.25) is 0 Å². The first-order valence-corrected chi connectivity index (χ1v) is 4.26. The smallest absolute Gasteiger partial charge is 0.415 e. The van der Waals surface area contributed by atoms with Gasteiger partial charge in [0.1, 0.15) is 5.82 Å². The first-order chi connectivity index (χ1) is 6.69. The van der Waals surface area contributed by atoms with Crippen molar-refractivity contribution in [2.75, 3.05) is 24.3 Å². The van der Waals surface area contributed by atoms with Crippen molar-refractivity contribution < 1.29 is 9.53 Å². The molecule has 76 valence electrons. The fraction of sp³-hybridized carbons (Fsp3) is 0.333. The molecule has 0 aliphatic heterocycles. The molecule has 0 saturated heterocycles. The zero-order chi connectivity index (χ0) is 10.6. The van der Waals surface area contributed by atoms with Crippen LogP contribution in [0.4, 0.5) is 16.3 Å². The first kappa shape index (κ1) is 10.3. The molecule has 1 aromatic rings. The number of carbonyl (C=O) groups excluding carboxylic acids is 1. The maximum absolute atomic E-state index is 11.3. The van der Waals surface area contributed by atoms with Crippen LogP contribution in [0.2, 0.25) is 0 Å². The van der Waals surface area contributed by atoms with Crippen LogP contribution < -0.4 is 10.6 Å². The highest BCUT2D eigenvalue weighted by atomic mass is 16.5. The van der Waals surface area contributed by atoms with Crippen LogP contribution in [0.25, 0.3) is 0 Å². The molecule has 5 nitrogen and oxygen atoms in total. The molecule has 14 heavy (non-hydrogen) atoms. The summed E-state index contributed by atoms with van der Waals surface area (Å²) >= 11 is 0. The lowest BCUT2D eigenvalue weighted by molar-refractivity contribution is 0.179. The van der Waals surface area contributed by atoms with Crippen molar-refractivity contribution in [2.45, 2.75) is 6.92 Å². The van der Waals surface area contributed by atoms with Gasteiger partial charge in [-0.25, -0.2) is 9.78 Å². The lowest BCUT2D eigenvalue weighted by atomic mass is 10.4. The molecule has 0 saturated carbocycles. The quantitative estimate of drug-likeness (QED) is 0.771. The molecule has 0 radical (unpaired) electrons. The van der Waals surface area contributed by atoms with E-state index in [1.54, 1.807) is 12.1 Å². The van der Waals surface area contributed by atoms with Crippen LogP contribution >= 0.6 is 0 Å². The Kier molecular flexibility index (Phi) is 3.28. The molecule has 2 N–H and O–H groups in total. The van der Waals surface area contributed by atoms with Gasteiger partial charge >= 0.3 is 6.09 Å². The molecular weight excluding hydrogens is 182 g/mol. The Morgan fingerprint density at radius 1 is 1.64 bits per heavy atom. The number of hydrogen-bond donors (Lipinski definition) is 1. The van der Waals surface area contributed by atoms with Gasteiger partial charge in [0.05, 0.1) is 19.0 Å². The Hall–Kier alpha value is -1.78. The fourth-order valence-corrected chi connectivity index (χ4v) is 1.05. The maximum atomic E-state index is 11.3. The topological polar surface area (TPSA) is 68.5 Å². The molecule has 0 aliphatic carbocycles. The maximum Gasteiger partial charge on any atom is 0.415 e. The molecule has 0 unspecified atom stereocenters. The number of rotatable bonds is 2. The Bertz CT molecular complexity index is 310. The van der Waals surface area contributed by atoms with E-state index < -0.39 is 6.09 Å². The second-order valence-electron chi connectivity index (χ2n) is 2.66. The van der Waals surface area contributed by atoms with Crippen LogP contribution in [0.5, 0.6) is 0 Å². The number of pyridine rings is 1. The van der Waals surface area contributed by atoms with E-state index in [0.29, 0.717) is 18.1 Å². The molecule has 1 rings (SSSR count). The number of ether oxygens (including phenoxy) is 1. The number of nitrogens with two attached hydrogens (primary N) is 1. The van der Waals surface area contributed by atoms with Crippen LogP contribution in [0.1, 0.15) is 6.92 Å². The van der Waals surface area contributed by atoms with Crippen molar-refractivity contribution in [3.05, 3.63) is 18.3 Å². The van der Waals surface area contributed by atoms with E-state index in [2.05, 4.69) is 9.72 Å². The number of nitrogen functional groups attached to an aromatic ring is 1. The molecule has 0 aliphatic rings. The van der Waals surface area contributed by atoms with Gasteiger partial charge in [-0.1, -0.05) is 0 Å². The number of hydrogen-bond acceptors (Lipinski definition) is 4. The van der Waals surface area contributed by atoms with Crippen LogP contribution in [-0.2, 0) is 4.74 Å². The molecule has 5 heteroatoms. The van der Waals surface area contributed by atoms with E-state index in [0.717, 1.165) is 0 Å². The third-order valence-electron chi connectivity index (χ3n) is 1.76. The summed E-state index contributed by atoms with van der Waals surface area (Å²) in [6.07, 6.45) is 1.07. The monoisotopic (exact) mass is 195 g/mol. The van der Waals surface area contributed by atoms with Crippen molar-refractivity contribution in [2.24, 2.45) is 0 Å². The summed E-state index contributed by atoms with van der Waals surface area (Å²) in [6.45, 7) is 2.35. The molecular formula is C9H13N3O2. The highest BCUT2D eigenvalue weighted by Crippen LogP contribution is 2.12. The van der Waals surface area contributed by atoms with Gasteiger partial charge in [0.15, 0.2) is 0 Å². The molecule has 0 bridgehead atoms. The summed E-state index contributed by atoms with van der Waals surface area (Å²) in [6, 6.07) is 3.36. The average Bonchev–Trinajstić information content (AvgIpc) is 2.21. The minimum atomic E-state index is -0.426. The highest BCUT2D eigenvalue weighted by Gasteiger charge is 2.14. The average molecular weight is 195 g/mol. The van der Waals surface area contributed by atoms with Crippen LogP contribution in [0.15, 0.2) is 18.3 Å². The van der Waals surface area contributed by atoms with Gasteiger partial charge < -0.3 is 10.5 Å². The van der Waals surface area contributed by atoms with Crippen LogP contribution in [0.3, 0.4) is 0 Å². The van der Waals surface area contributed by atoms with Crippen molar-refractivity contribution >= 4 is 17.6 Å².